The summed E-state index contributed by atoms with van der Waals surface area (Å²) in [5.41, 5.74) is 1.05. The molecule has 6 nitrogen and oxygen atoms in total. The number of rotatable bonds is 9. The number of carboxylic acids is 1. The summed E-state index contributed by atoms with van der Waals surface area (Å²) in [4.78, 5) is 24.1. The summed E-state index contributed by atoms with van der Waals surface area (Å²) in [6.45, 7) is 0. The molecular formula is C21H21Br2NO5S. The topological polar surface area (TPSA) is 95.9 Å². The molecule has 9 heteroatoms. The number of benzene rings is 2. The van der Waals surface area contributed by atoms with Crippen molar-refractivity contribution in [1.82, 2.24) is 0 Å². The van der Waals surface area contributed by atoms with Crippen molar-refractivity contribution in [3.05, 3.63) is 63.1 Å². The number of phenolic OH excluding ortho intramolecular Hbond substituents is 1. The molecule has 0 aromatic heterocycles. The molecular weight excluding hydrogens is 538 g/mol. The van der Waals surface area contributed by atoms with Gasteiger partial charge in [0.1, 0.15) is 11.9 Å². The molecule has 0 heterocycles. The molecule has 0 unspecified atom stereocenters. The lowest BCUT2D eigenvalue weighted by atomic mass is 10.0. The Morgan fingerprint density at radius 1 is 1.23 bits per heavy atom. The molecule has 30 heavy (non-hydrogen) atoms. The van der Waals surface area contributed by atoms with E-state index in [1.165, 1.54) is 0 Å². The molecule has 160 valence electrons. The number of aliphatic carboxylic acids is 1. The fraction of sp³-hybridized carbons (Fsp3) is 0.238. The Hall–Kier alpha value is -1.97. The van der Waals surface area contributed by atoms with Gasteiger partial charge in [-0.1, -0.05) is 22.0 Å². The molecule has 0 radical (unpaired) electrons. The summed E-state index contributed by atoms with van der Waals surface area (Å²) >= 11 is 8.28. The lowest BCUT2D eigenvalue weighted by molar-refractivity contribution is -0.131. The number of halogens is 2. The highest BCUT2D eigenvalue weighted by molar-refractivity contribution is 9.11. The van der Waals surface area contributed by atoms with Gasteiger partial charge in [-0.3, -0.25) is 5.32 Å². The van der Waals surface area contributed by atoms with E-state index in [0.29, 0.717) is 35.0 Å². The first-order chi connectivity index (χ1) is 14.3. The Morgan fingerprint density at radius 2 is 1.93 bits per heavy atom. The second kappa shape index (κ2) is 12.0. The Labute approximate surface area is 196 Å². The van der Waals surface area contributed by atoms with Crippen molar-refractivity contribution in [3.8, 4) is 5.75 Å². The van der Waals surface area contributed by atoms with Gasteiger partial charge in [0.25, 0.3) is 0 Å². The van der Waals surface area contributed by atoms with Crippen molar-refractivity contribution in [2.45, 2.75) is 30.3 Å². The van der Waals surface area contributed by atoms with Crippen molar-refractivity contribution in [3.63, 3.8) is 0 Å². The van der Waals surface area contributed by atoms with E-state index in [2.05, 4.69) is 37.2 Å². The van der Waals surface area contributed by atoms with Crippen LogP contribution in [0.3, 0.4) is 0 Å². The second-order valence-electron chi connectivity index (χ2n) is 6.24. The van der Waals surface area contributed by atoms with Crippen LogP contribution in [0.4, 0.5) is 10.5 Å². The van der Waals surface area contributed by atoms with E-state index in [1.54, 1.807) is 42.1 Å². The van der Waals surface area contributed by atoms with Crippen LogP contribution < -0.4 is 5.32 Å². The second-order valence-corrected chi connectivity index (χ2v) is 8.89. The summed E-state index contributed by atoms with van der Waals surface area (Å²) < 4.78 is 6.81. The normalized spacial score (nSPS) is 12.0. The van der Waals surface area contributed by atoms with Gasteiger partial charge in [0.15, 0.2) is 0 Å². The summed E-state index contributed by atoms with van der Waals surface area (Å²) in [5, 5.41) is 21.8. The van der Waals surface area contributed by atoms with E-state index in [4.69, 9.17) is 9.84 Å². The van der Waals surface area contributed by atoms with Crippen LogP contribution in [0.1, 0.15) is 30.9 Å². The molecule has 0 saturated heterocycles. The number of allylic oxidation sites excluding steroid dienone is 1. The number of phenols is 1. The van der Waals surface area contributed by atoms with Gasteiger partial charge in [-0.05, 0) is 77.8 Å². The largest absolute Gasteiger partial charge is 0.506 e. The highest BCUT2D eigenvalue weighted by Gasteiger charge is 2.22. The van der Waals surface area contributed by atoms with Crippen molar-refractivity contribution in [2.75, 3.05) is 11.6 Å². The number of carboxylic acid groups (broad SMARTS) is 1. The summed E-state index contributed by atoms with van der Waals surface area (Å²) in [6.07, 6.45) is 4.69. The molecule has 1 amide bonds. The molecule has 1 atom stereocenters. The fourth-order valence-corrected chi connectivity index (χ4v) is 4.33. The van der Waals surface area contributed by atoms with Crippen LogP contribution >= 0.6 is 43.6 Å². The quantitative estimate of drug-likeness (QED) is 0.179. The summed E-state index contributed by atoms with van der Waals surface area (Å²) in [7, 11) is 0. The van der Waals surface area contributed by atoms with Gasteiger partial charge in [-0.15, -0.1) is 11.8 Å². The fourth-order valence-electron chi connectivity index (χ4n) is 2.67. The SMILES string of the molecule is CSc1ccc(NC(=O)O[C@@H](CCC/C=C/C(=O)O)c2cc(Br)cc(Br)c2O)cc1. The van der Waals surface area contributed by atoms with Crippen LogP contribution in [0, 0.1) is 0 Å². The van der Waals surface area contributed by atoms with E-state index in [1.807, 2.05) is 18.4 Å². The van der Waals surface area contributed by atoms with E-state index in [9.17, 15) is 14.7 Å². The van der Waals surface area contributed by atoms with Crippen LogP contribution in [0.15, 0.2) is 62.4 Å². The highest BCUT2D eigenvalue weighted by atomic mass is 79.9. The molecule has 0 spiro atoms. The lowest BCUT2D eigenvalue weighted by Crippen LogP contribution is -2.18. The maximum atomic E-state index is 12.5. The van der Waals surface area contributed by atoms with Crippen LogP contribution in [0.2, 0.25) is 0 Å². The number of anilines is 1. The molecule has 0 fully saturated rings. The Bertz CT molecular complexity index is 918. The van der Waals surface area contributed by atoms with Crippen molar-refractivity contribution < 1.29 is 24.5 Å². The number of hydrogen-bond donors (Lipinski definition) is 3. The molecule has 0 aliphatic rings. The third-order valence-electron chi connectivity index (χ3n) is 4.09. The maximum Gasteiger partial charge on any atom is 0.412 e. The predicted octanol–water partition coefficient (Wildman–Crippen LogP) is 6.74. The Morgan fingerprint density at radius 3 is 2.57 bits per heavy atom. The van der Waals surface area contributed by atoms with Crippen LogP contribution in [-0.2, 0) is 9.53 Å². The molecule has 2 aromatic carbocycles. The van der Waals surface area contributed by atoms with Crippen LogP contribution in [0.5, 0.6) is 5.75 Å². The first-order valence-corrected chi connectivity index (χ1v) is 11.8. The Kier molecular flexibility index (Phi) is 9.74. The van der Waals surface area contributed by atoms with Gasteiger partial charge in [-0.25, -0.2) is 9.59 Å². The summed E-state index contributed by atoms with van der Waals surface area (Å²) in [6, 6.07) is 10.7. The van der Waals surface area contributed by atoms with E-state index < -0.39 is 18.2 Å². The number of carbonyl (C=O) groups is 2. The monoisotopic (exact) mass is 557 g/mol. The zero-order valence-corrected chi connectivity index (χ0v) is 20.1. The molecule has 0 bridgehead atoms. The number of aromatic hydroxyl groups is 1. The first-order valence-electron chi connectivity index (χ1n) is 8.99. The number of carbonyl (C=O) groups excluding carboxylic acids is 1. The summed E-state index contributed by atoms with van der Waals surface area (Å²) in [5.74, 6) is -1.02. The minimum absolute atomic E-state index is 0.0126. The van der Waals surface area contributed by atoms with Crippen molar-refractivity contribution >= 4 is 61.4 Å². The molecule has 0 saturated carbocycles. The maximum absolute atomic E-state index is 12.5. The number of thioether (sulfide) groups is 1. The Balaban J connectivity index is 2.13. The standard InChI is InChI=1S/C21H21Br2NO5S/c1-30-15-9-7-14(8-10-15)24-21(28)29-18(5-3-2-4-6-19(25)26)16-11-13(22)12-17(23)20(16)27/h4,6-12,18,27H,2-3,5H2,1H3,(H,24,28)(H,25,26)/b6-4+/t18-/m0/s1. The van der Waals surface area contributed by atoms with E-state index >= 15 is 0 Å². The van der Waals surface area contributed by atoms with E-state index in [0.717, 1.165) is 15.4 Å². The highest BCUT2D eigenvalue weighted by Crippen LogP contribution is 2.38. The first kappa shape index (κ1) is 24.3. The van der Waals surface area contributed by atoms with Crippen LogP contribution in [-0.4, -0.2) is 28.5 Å². The zero-order valence-electron chi connectivity index (χ0n) is 16.1. The minimum atomic E-state index is -1.01. The molecule has 0 aliphatic heterocycles. The predicted molar refractivity (Wildman–Crippen MR) is 125 cm³/mol. The number of unbranched alkanes of at least 4 members (excludes halogenated alkanes) is 1. The van der Waals surface area contributed by atoms with Crippen molar-refractivity contribution in [1.29, 1.82) is 0 Å². The van der Waals surface area contributed by atoms with E-state index in [-0.39, 0.29) is 5.75 Å². The molecule has 0 aliphatic carbocycles. The number of hydrogen-bond acceptors (Lipinski definition) is 5. The van der Waals surface area contributed by atoms with Gasteiger partial charge >= 0.3 is 12.1 Å². The molecule has 2 aromatic rings. The third-order valence-corrected chi connectivity index (χ3v) is 5.89. The average Bonchev–Trinajstić information content (AvgIpc) is 2.70. The van der Waals surface area contributed by atoms with Gasteiger partial charge < -0.3 is 14.9 Å². The van der Waals surface area contributed by atoms with Gasteiger partial charge in [0, 0.05) is 26.7 Å². The molecule has 3 N–H and O–H groups in total. The number of nitrogens with one attached hydrogen (secondary N) is 1. The smallest absolute Gasteiger partial charge is 0.412 e. The number of amides is 1. The molecule has 2 rings (SSSR count). The van der Waals surface area contributed by atoms with Gasteiger partial charge in [0.05, 0.1) is 4.47 Å². The zero-order chi connectivity index (χ0) is 22.1. The lowest BCUT2D eigenvalue weighted by Gasteiger charge is -2.20. The minimum Gasteiger partial charge on any atom is -0.506 e. The van der Waals surface area contributed by atoms with Gasteiger partial charge in [0.2, 0.25) is 0 Å². The number of ether oxygens (including phenoxy) is 1. The van der Waals surface area contributed by atoms with Crippen molar-refractivity contribution in [2.24, 2.45) is 0 Å². The van der Waals surface area contributed by atoms with Gasteiger partial charge in [-0.2, -0.15) is 0 Å². The van der Waals surface area contributed by atoms with Crippen LogP contribution in [0.25, 0.3) is 0 Å². The average molecular weight is 559 g/mol. The third kappa shape index (κ3) is 7.70.